The number of hydrogen-bond donors (Lipinski definition) is 3. The van der Waals surface area contributed by atoms with E-state index in [9.17, 15) is 23.4 Å². The molecule has 3 rings (SSSR count). The first kappa shape index (κ1) is 15.8. The molecule has 0 amide bonds. The molecule has 2 fully saturated rings. The molecule has 3 nitrogen and oxygen atoms in total. The van der Waals surface area contributed by atoms with Crippen LogP contribution in [-0.4, -0.2) is 28.9 Å². The predicted molar refractivity (Wildman–Crippen MR) is 75.0 cm³/mol. The van der Waals surface area contributed by atoms with Crippen molar-refractivity contribution in [3.63, 3.8) is 0 Å². The molecule has 0 aromatic heterocycles. The highest BCUT2D eigenvalue weighted by atomic mass is 19.4. The third-order valence-electron chi connectivity index (χ3n) is 4.96. The standard InChI is InChI=1S/C16H20F3NO2/c17-16(18,19)11-3-1-2-9(4-11)15(22)7-14-13-6-12(21)5-10(13)8-20-14/h1-4,10,12-15,20-22H,5-8H2. The Hall–Kier alpha value is -1.11. The Labute approximate surface area is 127 Å². The second kappa shape index (κ2) is 5.83. The SMILES string of the molecule is OC1CC2CNC(CC(O)c3cccc(C(F)(F)F)c3)C2C1. The van der Waals surface area contributed by atoms with Gasteiger partial charge in [0.05, 0.1) is 17.8 Å². The number of fused-ring (bicyclic) bond motifs is 1. The van der Waals surface area contributed by atoms with E-state index in [1.165, 1.54) is 12.1 Å². The van der Waals surface area contributed by atoms with Gasteiger partial charge in [-0.3, -0.25) is 0 Å². The molecule has 6 heteroatoms. The fourth-order valence-corrected chi connectivity index (χ4v) is 3.87. The van der Waals surface area contributed by atoms with Gasteiger partial charge in [0.2, 0.25) is 0 Å². The van der Waals surface area contributed by atoms with E-state index < -0.39 is 17.8 Å². The lowest BCUT2D eigenvalue weighted by molar-refractivity contribution is -0.137. The maximum atomic E-state index is 12.7. The molecule has 0 bridgehead atoms. The fraction of sp³-hybridized carbons (Fsp3) is 0.625. The molecule has 1 saturated carbocycles. The highest BCUT2D eigenvalue weighted by Crippen LogP contribution is 2.41. The van der Waals surface area contributed by atoms with E-state index in [0.29, 0.717) is 30.2 Å². The largest absolute Gasteiger partial charge is 0.416 e. The molecule has 1 aromatic carbocycles. The average molecular weight is 315 g/mol. The van der Waals surface area contributed by atoms with E-state index in [1.54, 1.807) is 0 Å². The summed E-state index contributed by atoms with van der Waals surface area (Å²) in [5.41, 5.74) is -0.448. The van der Waals surface area contributed by atoms with Crippen LogP contribution in [0.2, 0.25) is 0 Å². The molecule has 5 unspecified atom stereocenters. The van der Waals surface area contributed by atoms with Crippen molar-refractivity contribution in [2.24, 2.45) is 11.8 Å². The summed E-state index contributed by atoms with van der Waals surface area (Å²) in [6, 6.07) is 4.92. The van der Waals surface area contributed by atoms with Gasteiger partial charge >= 0.3 is 6.18 Å². The van der Waals surface area contributed by atoms with Gasteiger partial charge in [0.15, 0.2) is 0 Å². The molecule has 22 heavy (non-hydrogen) atoms. The van der Waals surface area contributed by atoms with Crippen molar-refractivity contribution in [1.82, 2.24) is 5.32 Å². The van der Waals surface area contributed by atoms with Gasteiger partial charge in [-0.05, 0) is 55.3 Å². The van der Waals surface area contributed by atoms with E-state index >= 15 is 0 Å². The van der Waals surface area contributed by atoms with Crippen molar-refractivity contribution in [1.29, 1.82) is 0 Å². The first-order valence-corrected chi connectivity index (χ1v) is 7.61. The maximum Gasteiger partial charge on any atom is 0.416 e. The fourth-order valence-electron chi connectivity index (χ4n) is 3.87. The van der Waals surface area contributed by atoms with E-state index in [2.05, 4.69) is 5.32 Å². The van der Waals surface area contributed by atoms with Crippen LogP contribution in [0.5, 0.6) is 0 Å². The molecule has 1 saturated heterocycles. The molecule has 1 heterocycles. The smallest absolute Gasteiger partial charge is 0.393 e. The zero-order chi connectivity index (χ0) is 15.9. The number of benzene rings is 1. The molecule has 122 valence electrons. The number of halogens is 3. The van der Waals surface area contributed by atoms with E-state index in [4.69, 9.17) is 0 Å². The molecule has 5 atom stereocenters. The zero-order valence-electron chi connectivity index (χ0n) is 12.1. The van der Waals surface area contributed by atoms with Gasteiger partial charge in [0.25, 0.3) is 0 Å². The third-order valence-corrected chi connectivity index (χ3v) is 4.96. The van der Waals surface area contributed by atoms with E-state index in [1.807, 2.05) is 0 Å². The lowest BCUT2D eigenvalue weighted by atomic mass is 9.89. The zero-order valence-corrected chi connectivity index (χ0v) is 12.1. The second-order valence-corrected chi connectivity index (χ2v) is 6.44. The number of aliphatic hydroxyl groups is 2. The van der Waals surface area contributed by atoms with Crippen LogP contribution in [0.15, 0.2) is 24.3 Å². The highest BCUT2D eigenvalue weighted by molar-refractivity contribution is 5.27. The molecule has 2 aliphatic rings. The first-order chi connectivity index (χ1) is 10.3. The van der Waals surface area contributed by atoms with Crippen LogP contribution in [0.1, 0.15) is 36.5 Å². The van der Waals surface area contributed by atoms with Crippen molar-refractivity contribution in [3.8, 4) is 0 Å². The summed E-state index contributed by atoms with van der Waals surface area (Å²) in [5, 5.41) is 23.3. The van der Waals surface area contributed by atoms with Gasteiger partial charge in [0.1, 0.15) is 0 Å². The molecular formula is C16H20F3NO2. The van der Waals surface area contributed by atoms with Crippen molar-refractivity contribution in [2.45, 2.75) is 43.7 Å². The molecular weight excluding hydrogens is 295 g/mol. The number of hydrogen-bond acceptors (Lipinski definition) is 3. The van der Waals surface area contributed by atoms with Crippen molar-refractivity contribution >= 4 is 0 Å². The quantitative estimate of drug-likeness (QED) is 0.803. The van der Waals surface area contributed by atoms with Crippen molar-refractivity contribution in [2.75, 3.05) is 6.54 Å². The Bertz CT molecular complexity index is 534. The lowest BCUT2D eigenvalue weighted by Gasteiger charge is -2.22. The minimum atomic E-state index is -4.40. The van der Waals surface area contributed by atoms with Gasteiger partial charge < -0.3 is 15.5 Å². The maximum absolute atomic E-state index is 12.7. The van der Waals surface area contributed by atoms with Crippen LogP contribution in [0.4, 0.5) is 13.2 Å². The monoisotopic (exact) mass is 315 g/mol. The van der Waals surface area contributed by atoms with Crippen molar-refractivity contribution in [3.05, 3.63) is 35.4 Å². The second-order valence-electron chi connectivity index (χ2n) is 6.44. The van der Waals surface area contributed by atoms with Crippen LogP contribution < -0.4 is 5.32 Å². The van der Waals surface area contributed by atoms with Gasteiger partial charge in [-0.1, -0.05) is 12.1 Å². The first-order valence-electron chi connectivity index (χ1n) is 7.61. The van der Waals surface area contributed by atoms with Crippen LogP contribution >= 0.6 is 0 Å². The van der Waals surface area contributed by atoms with Gasteiger partial charge in [-0.2, -0.15) is 13.2 Å². The summed E-state index contributed by atoms with van der Waals surface area (Å²) < 4.78 is 38.2. The molecule has 1 aliphatic heterocycles. The average Bonchev–Trinajstić information content (AvgIpc) is 2.98. The lowest BCUT2D eigenvalue weighted by Crippen LogP contribution is -2.30. The molecule has 1 aromatic rings. The molecule has 3 N–H and O–H groups in total. The Balaban J connectivity index is 1.69. The molecule has 0 radical (unpaired) electrons. The third kappa shape index (κ3) is 3.14. The van der Waals surface area contributed by atoms with Crippen LogP contribution in [0.25, 0.3) is 0 Å². The summed E-state index contributed by atoms with van der Waals surface area (Å²) in [6.45, 7) is 0.807. The predicted octanol–water partition coefficient (Wildman–Crippen LogP) is 2.49. The Morgan fingerprint density at radius 3 is 2.77 bits per heavy atom. The summed E-state index contributed by atoms with van der Waals surface area (Å²) in [5.74, 6) is 0.712. The Morgan fingerprint density at radius 2 is 2.05 bits per heavy atom. The molecule has 0 spiro atoms. The summed E-state index contributed by atoms with van der Waals surface area (Å²) in [4.78, 5) is 0. The van der Waals surface area contributed by atoms with Crippen LogP contribution in [-0.2, 0) is 6.18 Å². The van der Waals surface area contributed by atoms with Gasteiger partial charge in [0, 0.05) is 6.04 Å². The normalized spacial score (nSPS) is 33.0. The van der Waals surface area contributed by atoms with Crippen LogP contribution in [0.3, 0.4) is 0 Å². The minimum absolute atomic E-state index is 0.0479. The number of rotatable bonds is 3. The van der Waals surface area contributed by atoms with Crippen molar-refractivity contribution < 1.29 is 23.4 Å². The highest BCUT2D eigenvalue weighted by Gasteiger charge is 2.43. The van der Waals surface area contributed by atoms with E-state index in [-0.39, 0.29) is 12.1 Å². The summed E-state index contributed by atoms with van der Waals surface area (Å²) in [7, 11) is 0. The van der Waals surface area contributed by atoms with Gasteiger partial charge in [-0.15, -0.1) is 0 Å². The topological polar surface area (TPSA) is 52.5 Å². The molecule has 1 aliphatic carbocycles. The minimum Gasteiger partial charge on any atom is -0.393 e. The number of alkyl halides is 3. The Morgan fingerprint density at radius 1 is 1.27 bits per heavy atom. The Kier molecular flexibility index (Phi) is 4.18. The van der Waals surface area contributed by atoms with Gasteiger partial charge in [-0.25, -0.2) is 0 Å². The number of nitrogens with one attached hydrogen (secondary N) is 1. The summed E-state index contributed by atoms with van der Waals surface area (Å²) >= 11 is 0. The van der Waals surface area contributed by atoms with Crippen LogP contribution in [0, 0.1) is 11.8 Å². The summed E-state index contributed by atoms with van der Waals surface area (Å²) in [6.07, 6.45) is -3.77. The van der Waals surface area contributed by atoms with E-state index in [0.717, 1.165) is 25.1 Å². The number of aliphatic hydroxyl groups excluding tert-OH is 2.